The van der Waals surface area contributed by atoms with E-state index in [9.17, 15) is 14.7 Å². The lowest BCUT2D eigenvalue weighted by atomic mass is 10.1. The second kappa shape index (κ2) is 7.98. The monoisotopic (exact) mass is 317 g/mol. The summed E-state index contributed by atoms with van der Waals surface area (Å²) in [6.45, 7) is 0. The predicted molar refractivity (Wildman–Crippen MR) is 83.2 cm³/mol. The number of aromatic nitrogens is 2. The number of carboxylic acids is 1. The number of benzene rings is 1. The second-order valence-corrected chi connectivity index (χ2v) is 5.09. The van der Waals surface area contributed by atoms with Gasteiger partial charge in [0.25, 0.3) is 0 Å². The first-order valence-corrected chi connectivity index (χ1v) is 7.21. The second-order valence-electron chi connectivity index (χ2n) is 5.09. The first-order chi connectivity index (χ1) is 11.1. The van der Waals surface area contributed by atoms with Crippen LogP contribution in [0.4, 0.5) is 0 Å². The van der Waals surface area contributed by atoms with Gasteiger partial charge in [0.15, 0.2) is 0 Å². The number of aliphatic carboxylic acids is 1. The van der Waals surface area contributed by atoms with Crippen LogP contribution in [0.15, 0.2) is 36.8 Å². The molecule has 0 saturated carbocycles. The minimum absolute atomic E-state index is 0.170. The van der Waals surface area contributed by atoms with E-state index in [1.807, 2.05) is 24.3 Å². The number of carbonyl (C=O) groups is 2. The van der Waals surface area contributed by atoms with E-state index < -0.39 is 12.0 Å². The lowest BCUT2D eigenvalue weighted by molar-refractivity contribution is -0.141. The summed E-state index contributed by atoms with van der Waals surface area (Å²) in [7, 11) is 1.59. The fourth-order valence-electron chi connectivity index (χ4n) is 2.13. The number of rotatable bonds is 8. The number of amides is 1. The van der Waals surface area contributed by atoms with Gasteiger partial charge in [0.2, 0.25) is 5.91 Å². The Morgan fingerprint density at radius 1 is 1.35 bits per heavy atom. The van der Waals surface area contributed by atoms with Crippen molar-refractivity contribution in [1.29, 1.82) is 0 Å². The average Bonchev–Trinajstić information content (AvgIpc) is 3.06. The van der Waals surface area contributed by atoms with Gasteiger partial charge in [-0.05, 0) is 24.1 Å². The SMILES string of the molecule is COc1ccc(CCC(=O)N[C@@H](Cc2cnc[nH]2)C(=O)O)cc1. The molecule has 0 bridgehead atoms. The molecule has 2 rings (SSSR count). The number of nitrogens with zero attached hydrogens (tertiary/aromatic N) is 1. The minimum Gasteiger partial charge on any atom is -0.497 e. The molecule has 1 atom stereocenters. The Kier molecular flexibility index (Phi) is 5.74. The van der Waals surface area contributed by atoms with Gasteiger partial charge in [-0.2, -0.15) is 0 Å². The quantitative estimate of drug-likeness (QED) is 0.678. The van der Waals surface area contributed by atoms with Gasteiger partial charge in [0, 0.05) is 24.7 Å². The minimum atomic E-state index is -1.07. The van der Waals surface area contributed by atoms with Gasteiger partial charge in [0.1, 0.15) is 11.8 Å². The van der Waals surface area contributed by atoms with Crippen molar-refractivity contribution in [1.82, 2.24) is 15.3 Å². The molecule has 122 valence electrons. The molecule has 0 fully saturated rings. The molecule has 1 aromatic carbocycles. The van der Waals surface area contributed by atoms with Crippen molar-refractivity contribution in [2.75, 3.05) is 7.11 Å². The van der Waals surface area contributed by atoms with E-state index in [0.717, 1.165) is 11.3 Å². The van der Waals surface area contributed by atoms with Crippen LogP contribution in [-0.4, -0.2) is 40.1 Å². The molecule has 23 heavy (non-hydrogen) atoms. The molecule has 3 N–H and O–H groups in total. The van der Waals surface area contributed by atoms with Crippen LogP contribution in [0.25, 0.3) is 0 Å². The molecule has 0 spiro atoms. The molecule has 0 aliphatic carbocycles. The van der Waals surface area contributed by atoms with Crippen LogP contribution < -0.4 is 10.1 Å². The maximum absolute atomic E-state index is 12.0. The molecule has 1 amide bonds. The molecule has 0 aliphatic rings. The maximum Gasteiger partial charge on any atom is 0.326 e. The zero-order valence-electron chi connectivity index (χ0n) is 12.8. The topological polar surface area (TPSA) is 104 Å². The third kappa shape index (κ3) is 5.14. The van der Waals surface area contributed by atoms with Gasteiger partial charge in [-0.15, -0.1) is 0 Å². The molecule has 0 aliphatic heterocycles. The van der Waals surface area contributed by atoms with Crippen molar-refractivity contribution in [2.45, 2.75) is 25.3 Å². The van der Waals surface area contributed by atoms with Crippen LogP contribution in [-0.2, 0) is 22.4 Å². The van der Waals surface area contributed by atoms with Crippen molar-refractivity contribution in [3.63, 3.8) is 0 Å². The van der Waals surface area contributed by atoms with E-state index in [1.165, 1.54) is 6.33 Å². The highest BCUT2D eigenvalue weighted by Crippen LogP contribution is 2.12. The molecule has 1 heterocycles. The Labute approximate surface area is 133 Å². The van der Waals surface area contributed by atoms with Crippen LogP contribution >= 0.6 is 0 Å². The number of hydrogen-bond acceptors (Lipinski definition) is 4. The van der Waals surface area contributed by atoms with Crippen molar-refractivity contribution < 1.29 is 19.4 Å². The number of carbonyl (C=O) groups excluding carboxylic acids is 1. The van der Waals surface area contributed by atoms with Crippen molar-refractivity contribution in [3.05, 3.63) is 48.0 Å². The standard InChI is InChI=1S/C16H19N3O4/c1-23-13-5-2-11(3-6-13)4-7-15(20)19-14(16(21)22)8-12-9-17-10-18-12/h2-3,5-6,9-10,14H,4,7-8H2,1H3,(H,17,18)(H,19,20)(H,21,22)/t14-/m0/s1. The summed E-state index contributed by atoms with van der Waals surface area (Å²) >= 11 is 0. The number of imidazole rings is 1. The highest BCUT2D eigenvalue weighted by molar-refractivity contribution is 5.83. The zero-order valence-corrected chi connectivity index (χ0v) is 12.8. The number of methoxy groups -OCH3 is 1. The van der Waals surface area contributed by atoms with E-state index in [1.54, 1.807) is 13.3 Å². The van der Waals surface area contributed by atoms with Crippen molar-refractivity contribution >= 4 is 11.9 Å². The van der Waals surface area contributed by atoms with Gasteiger partial charge < -0.3 is 20.1 Å². The Morgan fingerprint density at radius 2 is 2.09 bits per heavy atom. The number of hydrogen-bond donors (Lipinski definition) is 3. The van der Waals surface area contributed by atoms with Crippen LogP contribution in [0, 0.1) is 0 Å². The Morgan fingerprint density at radius 3 is 2.65 bits per heavy atom. The van der Waals surface area contributed by atoms with Crippen LogP contribution in [0.3, 0.4) is 0 Å². The van der Waals surface area contributed by atoms with E-state index in [0.29, 0.717) is 12.1 Å². The zero-order chi connectivity index (χ0) is 16.7. The van der Waals surface area contributed by atoms with Gasteiger partial charge >= 0.3 is 5.97 Å². The van der Waals surface area contributed by atoms with Crippen LogP contribution in [0.2, 0.25) is 0 Å². The summed E-state index contributed by atoms with van der Waals surface area (Å²) in [6, 6.07) is 6.44. The maximum atomic E-state index is 12.0. The molecular formula is C16H19N3O4. The molecule has 0 saturated heterocycles. The molecule has 1 aromatic heterocycles. The lowest BCUT2D eigenvalue weighted by Crippen LogP contribution is -2.42. The predicted octanol–water partition coefficient (Wildman–Crippen LogP) is 1.16. The Balaban J connectivity index is 1.84. The molecule has 0 unspecified atom stereocenters. The van der Waals surface area contributed by atoms with Gasteiger partial charge in [0.05, 0.1) is 13.4 Å². The smallest absolute Gasteiger partial charge is 0.326 e. The molecule has 7 heteroatoms. The normalized spacial score (nSPS) is 11.7. The van der Waals surface area contributed by atoms with Gasteiger partial charge in [-0.1, -0.05) is 12.1 Å². The third-order valence-electron chi connectivity index (χ3n) is 3.41. The number of aryl methyl sites for hydroxylation is 1. The molecule has 2 aromatic rings. The number of aromatic amines is 1. The largest absolute Gasteiger partial charge is 0.497 e. The summed E-state index contributed by atoms with van der Waals surface area (Å²) in [5.74, 6) is -0.617. The molecule has 0 radical (unpaired) electrons. The number of carboxylic acid groups (broad SMARTS) is 1. The number of ether oxygens (including phenoxy) is 1. The number of H-pyrrole nitrogens is 1. The highest BCUT2D eigenvalue weighted by atomic mass is 16.5. The van der Waals surface area contributed by atoms with Crippen molar-refractivity contribution in [2.24, 2.45) is 0 Å². The summed E-state index contributed by atoms with van der Waals surface area (Å²) < 4.78 is 5.07. The summed E-state index contributed by atoms with van der Waals surface area (Å²) in [5.41, 5.74) is 1.65. The van der Waals surface area contributed by atoms with Gasteiger partial charge in [-0.3, -0.25) is 4.79 Å². The van der Waals surface area contributed by atoms with E-state index in [4.69, 9.17) is 4.74 Å². The Bertz CT molecular complexity index is 638. The number of nitrogens with one attached hydrogen (secondary N) is 2. The summed E-state index contributed by atoms with van der Waals surface area (Å²) in [6.07, 6.45) is 3.94. The first kappa shape index (κ1) is 16.5. The average molecular weight is 317 g/mol. The van der Waals surface area contributed by atoms with E-state index >= 15 is 0 Å². The van der Waals surface area contributed by atoms with E-state index in [-0.39, 0.29) is 18.7 Å². The summed E-state index contributed by atoms with van der Waals surface area (Å²) in [4.78, 5) is 29.9. The van der Waals surface area contributed by atoms with E-state index in [2.05, 4.69) is 15.3 Å². The fourth-order valence-corrected chi connectivity index (χ4v) is 2.13. The lowest BCUT2D eigenvalue weighted by Gasteiger charge is -2.13. The third-order valence-corrected chi connectivity index (χ3v) is 3.41. The fraction of sp³-hybridized carbons (Fsp3) is 0.312. The van der Waals surface area contributed by atoms with Crippen LogP contribution in [0.1, 0.15) is 17.7 Å². The van der Waals surface area contributed by atoms with Crippen LogP contribution in [0.5, 0.6) is 5.75 Å². The molecule has 7 nitrogen and oxygen atoms in total. The van der Waals surface area contributed by atoms with Crippen molar-refractivity contribution in [3.8, 4) is 5.75 Å². The molecular weight excluding hydrogens is 298 g/mol. The summed E-state index contributed by atoms with van der Waals surface area (Å²) in [5, 5.41) is 11.7. The first-order valence-electron chi connectivity index (χ1n) is 7.21. The Hall–Kier alpha value is -2.83. The highest BCUT2D eigenvalue weighted by Gasteiger charge is 2.20. The van der Waals surface area contributed by atoms with Gasteiger partial charge in [-0.25, -0.2) is 9.78 Å².